The van der Waals surface area contributed by atoms with Crippen LogP contribution in [0.1, 0.15) is 44.7 Å². The number of nitriles is 2. The lowest BCUT2D eigenvalue weighted by Gasteiger charge is -2.25. The molecule has 0 aromatic heterocycles. The number of nitrogens with zero attached hydrogens (tertiary/aromatic N) is 6. The summed E-state index contributed by atoms with van der Waals surface area (Å²) >= 11 is 0. The molecular weight excluding hydrogens is 494 g/mol. The van der Waals surface area contributed by atoms with Gasteiger partial charge in [-0.1, -0.05) is 6.92 Å². The highest BCUT2D eigenvalue weighted by Crippen LogP contribution is 2.34. The number of carbonyl (C=O) groups is 3. The number of benzene rings is 2. The molecule has 0 fully saturated rings. The largest absolute Gasteiger partial charge is 0.458 e. The van der Waals surface area contributed by atoms with Crippen molar-refractivity contribution in [3.05, 3.63) is 51.6 Å². The van der Waals surface area contributed by atoms with Gasteiger partial charge in [0.1, 0.15) is 30.1 Å². The molecule has 0 heterocycles. The van der Waals surface area contributed by atoms with Crippen molar-refractivity contribution in [2.45, 2.75) is 33.6 Å². The summed E-state index contributed by atoms with van der Waals surface area (Å²) in [6, 6.07) is 10.5. The van der Waals surface area contributed by atoms with Gasteiger partial charge in [-0.25, -0.2) is 0 Å². The van der Waals surface area contributed by atoms with E-state index in [0.29, 0.717) is 18.8 Å². The molecule has 38 heavy (non-hydrogen) atoms. The van der Waals surface area contributed by atoms with Crippen LogP contribution < -0.4 is 10.2 Å². The average Bonchev–Trinajstić information content (AvgIpc) is 2.88. The Labute approximate surface area is 218 Å². The molecule has 13 heteroatoms. The third-order valence-electron chi connectivity index (χ3n) is 4.98. The maximum atomic E-state index is 12.0. The molecule has 196 valence electrons. The van der Waals surface area contributed by atoms with Gasteiger partial charge in [0.05, 0.1) is 28.2 Å². The Bertz CT molecular complexity index is 1320. The van der Waals surface area contributed by atoms with Gasteiger partial charge in [-0.15, -0.1) is 10.2 Å². The third kappa shape index (κ3) is 8.20. The summed E-state index contributed by atoms with van der Waals surface area (Å²) in [7, 11) is 0. The molecule has 0 atom stereocenters. The topological polar surface area (TPSA) is 191 Å². The van der Waals surface area contributed by atoms with Gasteiger partial charge < -0.3 is 15.0 Å². The standard InChI is InChI=1S/C25H25N7O6/c1-4-8-31(9-7-24(35)38-15-16(2)33)20-5-6-22(23(12-20)28-17(3)34)29-30-25-18(13-26)10-21(32(36)37)11-19(25)14-27/h5-6,10-12H,4,7-9,15H2,1-3H3,(H,28,34). The minimum Gasteiger partial charge on any atom is -0.458 e. The molecule has 1 amide bonds. The van der Waals surface area contributed by atoms with Crippen molar-refractivity contribution >= 4 is 46.1 Å². The van der Waals surface area contributed by atoms with Gasteiger partial charge in [-0.2, -0.15) is 10.5 Å². The molecule has 2 aromatic carbocycles. The van der Waals surface area contributed by atoms with E-state index in [1.807, 2.05) is 11.8 Å². The van der Waals surface area contributed by atoms with Gasteiger partial charge in [-0.3, -0.25) is 24.5 Å². The molecule has 2 aromatic rings. The number of non-ortho nitro benzene ring substituents is 1. The third-order valence-corrected chi connectivity index (χ3v) is 4.98. The van der Waals surface area contributed by atoms with Gasteiger partial charge in [0.25, 0.3) is 5.69 Å². The summed E-state index contributed by atoms with van der Waals surface area (Å²) in [6.07, 6.45) is 0.797. The molecule has 0 bridgehead atoms. The smallest absolute Gasteiger partial charge is 0.308 e. The minimum atomic E-state index is -0.721. The highest BCUT2D eigenvalue weighted by atomic mass is 16.6. The van der Waals surface area contributed by atoms with Crippen LogP contribution in [-0.2, 0) is 19.1 Å². The number of amides is 1. The molecule has 0 saturated heterocycles. The number of carbonyl (C=O) groups excluding carboxylic acids is 3. The van der Waals surface area contributed by atoms with Crippen molar-refractivity contribution in [3.8, 4) is 12.1 Å². The quantitative estimate of drug-likeness (QED) is 0.182. The number of anilines is 2. The average molecular weight is 520 g/mol. The molecule has 0 spiro atoms. The Hall–Kier alpha value is -5.17. The molecule has 0 radical (unpaired) electrons. The van der Waals surface area contributed by atoms with E-state index < -0.39 is 16.6 Å². The fourth-order valence-corrected chi connectivity index (χ4v) is 3.32. The number of Topliss-reactive ketones (excluding diaryl/α,β-unsaturated/α-hetero) is 1. The Morgan fingerprint density at radius 2 is 1.74 bits per heavy atom. The van der Waals surface area contributed by atoms with E-state index in [4.69, 9.17) is 4.74 Å². The van der Waals surface area contributed by atoms with Crippen LogP contribution >= 0.6 is 0 Å². The summed E-state index contributed by atoms with van der Waals surface area (Å²) in [5.74, 6) is -1.16. The van der Waals surface area contributed by atoms with Gasteiger partial charge in [0, 0.05) is 37.8 Å². The minimum absolute atomic E-state index is 0.0399. The predicted octanol–water partition coefficient (Wildman–Crippen LogP) is 4.45. The maximum absolute atomic E-state index is 12.0. The highest BCUT2D eigenvalue weighted by Gasteiger charge is 2.18. The van der Waals surface area contributed by atoms with Crippen molar-refractivity contribution in [2.24, 2.45) is 10.2 Å². The zero-order valence-electron chi connectivity index (χ0n) is 21.1. The molecule has 1 N–H and O–H groups in total. The second-order valence-corrected chi connectivity index (χ2v) is 8.05. The number of azo groups is 1. The van der Waals surface area contributed by atoms with Crippen LogP contribution in [0.4, 0.5) is 28.4 Å². The Kier molecular flexibility index (Phi) is 10.6. The predicted molar refractivity (Wildman–Crippen MR) is 136 cm³/mol. The lowest BCUT2D eigenvalue weighted by atomic mass is 10.1. The van der Waals surface area contributed by atoms with Crippen molar-refractivity contribution in [3.63, 3.8) is 0 Å². The number of hydrogen-bond donors (Lipinski definition) is 1. The van der Waals surface area contributed by atoms with Gasteiger partial charge in [0.15, 0.2) is 5.78 Å². The first-order chi connectivity index (χ1) is 18.1. The van der Waals surface area contributed by atoms with Gasteiger partial charge >= 0.3 is 5.97 Å². The van der Waals surface area contributed by atoms with E-state index in [9.17, 15) is 35.0 Å². The zero-order chi connectivity index (χ0) is 28.2. The number of nitrogens with one attached hydrogen (secondary N) is 1. The van der Waals surface area contributed by atoms with Crippen LogP contribution in [-0.4, -0.2) is 42.3 Å². The Balaban J connectivity index is 2.42. The first-order valence-electron chi connectivity index (χ1n) is 11.5. The van der Waals surface area contributed by atoms with E-state index in [1.54, 1.807) is 30.3 Å². The summed E-state index contributed by atoms with van der Waals surface area (Å²) < 4.78 is 4.91. The number of nitro groups is 1. The van der Waals surface area contributed by atoms with Crippen LogP contribution in [0.5, 0.6) is 0 Å². The molecule has 0 saturated carbocycles. The molecule has 0 aliphatic heterocycles. The summed E-state index contributed by atoms with van der Waals surface area (Å²) in [4.78, 5) is 47.1. The van der Waals surface area contributed by atoms with E-state index in [1.165, 1.54) is 13.8 Å². The highest BCUT2D eigenvalue weighted by molar-refractivity contribution is 5.93. The van der Waals surface area contributed by atoms with Gasteiger partial charge in [0.2, 0.25) is 5.91 Å². The second-order valence-electron chi connectivity index (χ2n) is 8.05. The molecule has 2 rings (SSSR count). The molecule has 0 unspecified atom stereocenters. The molecule has 13 nitrogen and oxygen atoms in total. The summed E-state index contributed by atoms with van der Waals surface area (Å²) in [5, 5.41) is 40.7. The summed E-state index contributed by atoms with van der Waals surface area (Å²) in [6.45, 7) is 5.19. The molecular formula is C25H25N7O6. The number of rotatable bonds is 12. The number of hydrogen-bond acceptors (Lipinski definition) is 11. The van der Waals surface area contributed by atoms with Crippen LogP contribution in [0.2, 0.25) is 0 Å². The van der Waals surface area contributed by atoms with Crippen LogP contribution in [0.3, 0.4) is 0 Å². The number of esters is 1. The second kappa shape index (κ2) is 13.8. The Morgan fingerprint density at radius 3 is 2.26 bits per heavy atom. The van der Waals surface area contributed by atoms with Gasteiger partial charge in [-0.05, 0) is 31.5 Å². The van der Waals surface area contributed by atoms with Crippen LogP contribution in [0.15, 0.2) is 40.6 Å². The summed E-state index contributed by atoms with van der Waals surface area (Å²) in [5.41, 5.74) is 0.160. The maximum Gasteiger partial charge on any atom is 0.308 e. The first kappa shape index (κ1) is 29.1. The monoisotopic (exact) mass is 519 g/mol. The van der Waals surface area contributed by atoms with Crippen molar-refractivity contribution in [1.82, 2.24) is 0 Å². The Morgan fingerprint density at radius 1 is 1.08 bits per heavy atom. The van der Waals surface area contributed by atoms with E-state index in [-0.39, 0.29) is 52.9 Å². The van der Waals surface area contributed by atoms with E-state index in [0.717, 1.165) is 18.6 Å². The fourth-order valence-electron chi connectivity index (χ4n) is 3.32. The zero-order valence-corrected chi connectivity index (χ0v) is 21.1. The number of nitro benzene ring substituents is 1. The first-order valence-corrected chi connectivity index (χ1v) is 11.5. The normalized spacial score (nSPS) is 10.3. The lowest BCUT2D eigenvalue weighted by Crippen LogP contribution is -2.28. The van der Waals surface area contributed by atoms with Crippen molar-refractivity contribution < 1.29 is 24.0 Å². The lowest BCUT2D eigenvalue weighted by molar-refractivity contribution is -0.384. The van der Waals surface area contributed by atoms with E-state index in [2.05, 4.69) is 15.5 Å². The molecule has 0 aliphatic carbocycles. The van der Waals surface area contributed by atoms with Crippen LogP contribution in [0, 0.1) is 32.8 Å². The number of ketones is 1. The number of ether oxygens (including phenoxy) is 1. The SMILES string of the molecule is CCCN(CCC(=O)OCC(C)=O)c1ccc(N=Nc2c(C#N)cc([N+](=O)[O-])cc2C#N)c(NC(C)=O)c1. The molecule has 0 aliphatic rings. The van der Waals surface area contributed by atoms with Crippen molar-refractivity contribution in [1.29, 1.82) is 10.5 Å². The van der Waals surface area contributed by atoms with Crippen LogP contribution in [0.25, 0.3) is 0 Å². The van der Waals surface area contributed by atoms with Crippen molar-refractivity contribution in [2.75, 3.05) is 29.9 Å². The fraction of sp³-hybridized carbons (Fsp3) is 0.320. The van der Waals surface area contributed by atoms with E-state index >= 15 is 0 Å².